The van der Waals surface area contributed by atoms with Gasteiger partial charge in [0.05, 0.1) is 28.2 Å². The third-order valence-corrected chi connectivity index (χ3v) is 20.4. The van der Waals surface area contributed by atoms with Gasteiger partial charge in [-0.3, -0.25) is 0 Å². The minimum atomic E-state index is -0.542. The normalized spacial score (nSPS) is 16.0. The van der Waals surface area contributed by atoms with Crippen LogP contribution in [0.2, 0.25) is 0 Å². The van der Waals surface area contributed by atoms with Crippen molar-refractivity contribution in [2.24, 2.45) is 0 Å². The van der Waals surface area contributed by atoms with Crippen LogP contribution in [0.25, 0.3) is 88.0 Å². The summed E-state index contributed by atoms with van der Waals surface area (Å²) in [6.45, 7) is 9.72. The van der Waals surface area contributed by atoms with Crippen LogP contribution in [0.3, 0.4) is 0 Å². The molecule has 0 saturated heterocycles. The fourth-order valence-electron chi connectivity index (χ4n) is 16.9. The Morgan fingerprint density at radius 3 is 1.17 bits per heavy atom. The molecule has 2 heterocycles. The fourth-order valence-corrected chi connectivity index (χ4v) is 16.9. The number of fused-ring (bicyclic) bond motifs is 18. The molecule has 0 N–H and O–H groups in total. The molecule has 2 heteroatoms. The highest BCUT2D eigenvalue weighted by Crippen LogP contribution is 2.66. The van der Waals surface area contributed by atoms with E-state index in [9.17, 15) is 0 Å². The van der Waals surface area contributed by atoms with Crippen molar-refractivity contribution in [2.45, 2.75) is 43.9 Å². The van der Waals surface area contributed by atoms with Crippen LogP contribution >= 0.6 is 0 Å². The average molecular weight is 1110 g/mol. The van der Waals surface area contributed by atoms with Crippen molar-refractivity contribution in [3.63, 3.8) is 0 Å². The number of rotatable bonds is 5. The molecular weight excluding hydrogens is 1050 g/mol. The highest BCUT2D eigenvalue weighted by Gasteiger charge is 2.53. The molecule has 4 aliphatic rings. The van der Waals surface area contributed by atoms with Gasteiger partial charge in [-0.25, -0.2) is 0 Å². The molecular formula is C85H60N2. The Balaban J connectivity index is 0.966. The van der Waals surface area contributed by atoms with Crippen LogP contribution < -0.4 is 9.80 Å². The maximum atomic E-state index is 2.57. The third kappa shape index (κ3) is 6.65. The molecule has 14 aromatic rings. The van der Waals surface area contributed by atoms with E-state index >= 15 is 0 Å². The zero-order chi connectivity index (χ0) is 57.9. The highest BCUT2D eigenvalue weighted by molar-refractivity contribution is 6.22. The SMILES string of the molecule is CC1(C)c2ccccc2N(c2ccccc2)c2cccc(-c3cccc4c(-c5cccc6c5-c5ccccc5C65c6ccccc6-c6c5ccc5ccccc65)c5cccc(-c6cccc7c6C(C)(C)c6ccccc6N7c6ccccc6)c5cc34)c21. The van der Waals surface area contributed by atoms with E-state index in [1.807, 2.05) is 0 Å². The number of hydrogen-bond acceptors (Lipinski definition) is 2. The van der Waals surface area contributed by atoms with E-state index in [0.717, 1.165) is 11.4 Å². The Morgan fingerprint density at radius 1 is 0.230 bits per heavy atom. The Kier molecular flexibility index (Phi) is 10.4. The first-order valence-electron chi connectivity index (χ1n) is 30.8. The molecule has 0 bridgehead atoms. The minimum absolute atomic E-state index is 0.353. The number of benzene rings is 14. The Labute approximate surface area is 508 Å². The molecule has 0 amide bonds. The molecule has 410 valence electrons. The van der Waals surface area contributed by atoms with Gasteiger partial charge in [-0.05, 0) is 187 Å². The maximum Gasteiger partial charge on any atom is 0.0725 e. The molecule has 0 aromatic heterocycles. The molecule has 0 radical (unpaired) electrons. The fraction of sp³-hybridized carbons (Fsp3) is 0.0824. The Morgan fingerprint density at radius 2 is 0.609 bits per heavy atom. The molecule has 1 spiro atoms. The summed E-state index contributed by atoms with van der Waals surface area (Å²) in [5, 5.41) is 7.47. The number of hydrogen-bond donors (Lipinski definition) is 0. The average Bonchev–Trinajstić information content (AvgIpc) is 1.57. The molecule has 2 nitrogen and oxygen atoms in total. The van der Waals surface area contributed by atoms with Crippen molar-refractivity contribution >= 4 is 66.4 Å². The lowest BCUT2D eigenvalue weighted by molar-refractivity contribution is 0.633. The molecule has 18 rings (SSSR count). The summed E-state index contributed by atoms with van der Waals surface area (Å²) in [4.78, 5) is 4.98. The van der Waals surface area contributed by atoms with Crippen LogP contribution in [0.1, 0.15) is 72.2 Å². The van der Waals surface area contributed by atoms with E-state index in [2.05, 4.69) is 329 Å². The van der Waals surface area contributed by atoms with E-state index < -0.39 is 5.41 Å². The van der Waals surface area contributed by atoms with Crippen LogP contribution in [0.15, 0.2) is 291 Å². The van der Waals surface area contributed by atoms with Crippen molar-refractivity contribution < 1.29 is 0 Å². The summed E-state index contributed by atoms with van der Waals surface area (Å²) in [7, 11) is 0. The van der Waals surface area contributed by atoms with Crippen molar-refractivity contribution in [1.82, 2.24) is 0 Å². The lowest BCUT2D eigenvalue weighted by Crippen LogP contribution is -2.31. The zero-order valence-electron chi connectivity index (χ0n) is 49.1. The van der Waals surface area contributed by atoms with Crippen molar-refractivity contribution in [3.05, 3.63) is 336 Å². The Bertz CT molecular complexity index is 5030. The standard InChI is InChI=1S/C85H60N2/c1-83(2)70-43-17-19-46-74(70)86(54-27-7-5-8-28-54)76-48-24-38-61(81(76)83)57-34-21-36-59-66(57)52-67-58(62-39-25-49-77-82(62)84(3,4)71-44-18-20-47-75(71)87(77)55-29-9-6-10-30-55)35-22-37-60(67)78(59)65-40-23-45-72-80(65)64-33-14-16-42-69(64)85(72)68-41-15-13-32-63(68)79-56-31-12-11-26-53(56)50-51-73(79)85/h5-52H,1-4H3. The quantitative estimate of drug-likeness (QED) is 0.159. The van der Waals surface area contributed by atoms with Gasteiger partial charge in [0.15, 0.2) is 0 Å². The first-order valence-corrected chi connectivity index (χ1v) is 30.8. The van der Waals surface area contributed by atoms with Gasteiger partial charge >= 0.3 is 0 Å². The van der Waals surface area contributed by atoms with E-state index in [1.165, 1.54) is 155 Å². The molecule has 1 unspecified atom stereocenters. The summed E-state index contributed by atoms with van der Waals surface area (Å²) in [5.74, 6) is 0. The molecule has 87 heavy (non-hydrogen) atoms. The van der Waals surface area contributed by atoms with Gasteiger partial charge in [-0.15, -0.1) is 0 Å². The van der Waals surface area contributed by atoms with E-state index in [-0.39, 0.29) is 10.8 Å². The van der Waals surface area contributed by atoms with Crippen LogP contribution in [-0.2, 0) is 16.2 Å². The van der Waals surface area contributed by atoms with Crippen LogP contribution in [-0.4, -0.2) is 0 Å². The number of para-hydroxylation sites is 4. The summed E-state index contributed by atoms with van der Waals surface area (Å²) < 4.78 is 0. The van der Waals surface area contributed by atoms with E-state index in [4.69, 9.17) is 0 Å². The number of anilines is 6. The largest absolute Gasteiger partial charge is 0.310 e. The van der Waals surface area contributed by atoms with Gasteiger partial charge in [0.2, 0.25) is 0 Å². The molecule has 1 atom stereocenters. The molecule has 2 aliphatic heterocycles. The van der Waals surface area contributed by atoms with Crippen molar-refractivity contribution in [2.75, 3.05) is 9.80 Å². The van der Waals surface area contributed by atoms with Gasteiger partial charge < -0.3 is 9.80 Å². The molecule has 14 aromatic carbocycles. The smallest absolute Gasteiger partial charge is 0.0725 e. The van der Waals surface area contributed by atoms with Crippen LogP contribution in [0, 0.1) is 0 Å². The minimum Gasteiger partial charge on any atom is -0.310 e. The first kappa shape index (κ1) is 49.8. The third-order valence-electron chi connectivity index (χ3n) is 20.4. The zero-order valence-corrected chi connectivity index (χ0v) is 49.1. The molecule has 2 aliphatic carbocycles. The lowest BCUT2D eigenvalue weighted by Gasteiger charge is -2.43. The Hall–Kier alpha value is -10.5. The second-order valence-corrected chi connectivity index (χ2v) is 25.4. The van der Waals surface area contributed by atoms with Gasteiger partial charge in [0, 0.05) is 22.2 Å². The van der Waals surface area contributed by atoms with Crippen LogP contribution in [0.4, 0.5) is 34.1 Å². The monoisotopic (exact) mass is 1110 g/mol. The molecule has 0 fully saturated rings. The van der Waals surface area contributed by atoms with E-state index in [1.54, 1.807) is 0 Å². The van der Waals surface area contributed by atoms with Crippen molar-refractivity contribution in [1.29, 1.82) is 0 Å². The van der Waals surface area contributed by atoms with Gasteiger partial charge in [-0.2, -0.15) is 0 Å². The second-order valence-electron chi connectivity index (χ2n) is 25.4. The topological polar surface area (TPSA) is 6.48 Å². The van der Waals surface area contributed by atoms with Gasteiger partial charge in [0.1, 0.15) is 0 Å². The molecule has 0 saturated carbocycles. The van der Waals surface area contributed by atoms with E-state index in [0.29, 0.717) is 0 Å². The highest BCUT2D eigenvalue weighted by atomic mass is 15.2. The maximum absolute atomic E-state index is 2.57. The predicted octanol–water partition coefficient (Wildman–Crippen LogP) is 22.7. The van der Waals surface area contributed by atoms with Gasteiger partial charge in [-0.1, -0.05) is 264 Å². The lowest BCUT2D eigenvalue weighted by atomic mass is 9.69. The summed E-state index contributed by atoms with van der Waals surface area (Å²) >= 11 is 0. The summed E-state index contributed by atoms with van der Waals surface area (Å²) in [6.07, 6.45) is 0. The predicted molar refractivity (Wildman–Crippen MR) is 365 cm³/mol. The number of nitrogens with zero attached hydrogens (tertiary/aromatic N) is 2. The van der Waals surface area contributed by atoms with Crippen LogP contribution in [0.5, 0.6) is 0 Å². The van der Waals surface area contributed by atoms with Gasteiger partial charge in [0.25, 0.3) is 0 Å². The summed E-state index contributed by atoms with van der Waals surface area (Å²) in [5.41, 5.74) is 29.1. The second kappa shape index (κ2) is 18.2. The van der Waals surface area contributed by atoms with Crippen molar-refractivity contribution in [3.8, 4) is 55.6 Å². The first-order chi connectivity index (χ1) is 42.7. The summed E-state index contributed by atoms with van der Waals surface area (Å²) in [6, 6.07) is 110.